The van der Waals surface area contributed by atoms with Gasteiger partial charge in [0.15, 0.2) is 5.76 Å². The SMILES string of the molecule is O=C(Nc1ccccc1C(=O)OCc1ccc(Cl)cc1Cl)c1ccco1. The van der Waals surface area contributed by atoms with Gasteiger partial charge in [-0.3, -0.25) is 4.79 Å². The minimum Gasteiger partial charge on any atom is -0.459 e. The maximum absolute atomic E-state index is 12.4. The van der Waals surface area contributed by atoms with Gasteiger partial charge in [0.05, 0.1) is 17.5 Å². The standard InChI is InChI=1S/C19H13Cl2NO4/c20-13-8-7-12(15(21)10-13)11-26-19(24)14-4-1-2-5-16(14)22-18(23)17-6-3-9-25-17/h1-10H,11H2,(H,22,23). The summed E-state index contributed by atoms with van der Waals surface area (Å²) in [5.74, 6) is -0.913. The first-order chi connectivity index (χ1) is 12.5. The van der Waals surface area contributed by atoms with Crippen molar-refractivity contribution in [1.29, 1.82) is 0 Å². The van der Waals surface area contributed by atoms with E-state index in [9.17, 15) is 9.59 Å². The maximum Gasteiger partial charge on any atom is 0.340 e. The summed E-state index contributed by atoms with van der Waals surface area (Å²) in [6, 6.07) is 14.6. The van der Waals surface area contributed by atoms with Crippen LogP contribution >= 0.6 is 23.2 Å². The molecule has 3 aromatic rings. The Balaban J connectivity index is 1.72. The summed E-state index contributed by atoms with van der Waals surface area (Å²) in [4.78, 5) is 24.5. The minimum atomic E-state index is -0.591. The van der Waals surface area contributed by atoms with Crippen molar-refractivity contribution in [1.82, 2.24) is 0 Å². The number of amides is 1. The van der Waals surface area contributed by atoms with Crippen LogP contribution in [0.1, 0.15) is 26.5 Å². The van der Waals surface area contributed by atoms with E-state index in [2.05, 4.69) is 5.32 Å². The number of anilines is 1. The molecule has 3 rings (SSSR count). The second-order valence-corrected chi connectivity index (χ2v) is 6.13. The minimum absolute atomic E-state index is 0.0186. The molecule has 0 aliphatic carbocycles. The van der Waals surface area contributed by atoms with E-state index < -0.39 is 11.9 Å². The summed E-state index contributed by atoms with van der Waals surface area (Å²) in [5, 5.41) is 3.54. The predicted molar refractivity (Wildman–Crippen MR) is 98.7 cm³/mol. The molecule has 1 N–H and O–H groups in total. The van der Waals surface area contributed by atoms with Gasteiger partial charge in [0, 0.05) is 15.6 Å². The van der Waals surface area contributed by atoms with Crippen LogP contribution in [0.15, 0.2) is 65.3 Å². The van der Waals surface area contributed by atoms with Gasteiger partial charge in [-0.05, 0) is 36.4 Å². The zero-order valence-corrected chi connectivity index (χ0v) is 14.9. The van der Waals surface area contributed by atoms with Gasteiger partial charge in [-0.25, -0.2) is 4.79 Å². The fourth-order valence-electron chi connectivity index (χ4n) is 2.22. The average molecular weight is 390 g/mol. The zero-order chi connectivity index (χ0) is 18.5. The Labute approximate surface area is 159 Å². The molecule has 0 bridgehead atoms. The van der Waals surface area contributed by atoms with Crippen LogP contribution in [-0.2, 0) is 11.3 Å². The third-order valence-corrected chi connectivity index (χ3v) is 4.10. The van der Waals surface area contributed by atoms with Crippen LogP contribution in [0, 0.1) is 0 Å². The first-order valence-electron chi connectivity index (χ1n) is 7.59. The van der Waals surface area contributed by atoms with Crippen LogP contribution in [0.3, 0.4) is 0 Å². The van der Waals surface area contributed by atoms with E-state index in [0.717, 1.165) is 0 Å². The van der Waals surface area contributed by atoms with Crippen molar-refractivity contribution in [2.75, 3.05) is 5.32 Å². The number of hydrogen-bond donors (Lipinski definition) is 1. The third-order valence-electron chi connectivity index (χ3n) is 3.51. The van der Waals surface area contributed by atoms with Crippen LogP contribution in [-0.4, -0.2) is 11.9 Å². The Kier molecular flexibility index (Phi) is 5.61. The number of ether oxygens (including phenoxy) is 1. The van der Waals surface area contributed by atoms with E-state index in [-0.39, 0.29) is 17.9 Å². The van der Waals surface area contributed by atoms with Gasteiger partial charge in [0.1, 0.15) is 6.61 Å². The van der Waals surface area contributed by atoms with Gasteiger partial charge in [0.25, 0.3) is 5.91 Å². The van der Waals surface area contributed by atoms with Gasteiger partial charge in [-0.1, -0.05) is 41.4 Å². The van der Waals surface area contributed by atoms with E-state index in [1.165, 1.54) is 12.3 Å². The van der Waals surface area contributed by atoms with Crippen molar-refractivity contribution < 1.29 is 18.7 Å². The summed E-state index contributed by atoms with van der Waals surface area (Å²) in [5.41, 5.74) is 1.17. The Bertz CT molecular complexity index is 938. The number of esters is 1. The van der Waals surface area contributed by atoms with Gasteiger partial charge >= 0.3 is 5.97 Å². The lowest BCUT2D eigenvalue weighted by Gasteiger charge is -2.11. The molecule has 0 saturated carbocycles. The molecule has 0 saturated heterocycles. The first-order valence-corrected chi connectivity index (χ1v) is 8.35. The zero-order valence-electron chi connectivity index (χ0n) is 13.4. The van der Waals surface area contributed by atoms with Gasteiger partial charge in [-0.2, -0.15) is 0 Å². The highest BCUT2D eigenvalue weighted by Crippen LogP contribution is 2.23. The molecular formula is C19H13Cl2NO4. The lowest BCUT2D eigenvalue weighted by molar-refractivity contribution is 0.0474. The number of rotatable bonds is 5. The van der Waals surface area contributed by atoms with E-state index in [0.29, 0.717) is 21.3 Å². The van der Waals surface area contributed by atoms with Crippen molar-refractivity contribution in [3.8, 4) is 0 Å². The highest BCUT2D eigenvalue weighted by Gasteiger charge is 2.17. The molecular weight excluding hydrogens is 377 g/mol. The molecule has 1 aromatic heterocycles. The summed E-state index contributed by atoms with van der Waals surface area (Å²) < 4.78 is 10.3. The lowest BCUT2D eigenvalue weighted by Crippen LogP contribution is -2.15. The Morgan fingerprint density at radius 3 is 2.58 bits per heavy atom. The molecule has 0 aliphatic heterocycles. The quantitative estimate of drug-likeness (QED) is 0.609. The highest BCUT2D eigenvalue weighted by molar-refractivity contribution is 6.35. The largest absolute Gasteiger partial charge is 0.459 e. The molecule has 7 heteroatoms. The van der Waals surface area contributed by atoms with Crippen LogP contribution in [0.4, 0.5) is 5.69 Å². The smallest absolute Gasteiger partial charge is 0.340 e. The molecule has 0 fully saturated rings. The average Bonchev–Trinajstić information content (AvgIpc) is 3.16. The summed E-state index contributed by atoms with van der Waals surface area (Å²) in [7, 11) is 0. The van der Waals surface area contributed by atoms with Gasteiger partial charge < -0.3 is 14.5 Å². The second kappa shape index (κ2) is 8.08. The topological polar surface area (TPSA) is 68.5 Å². The molecule has 0 aliphatic rings. The van der Waals surface area contributed by atoms with E-state index >= 15 is 0 Å². The molecule has 26 heavy (non-hydrogen) atoms. The number of carbonyl (C=O) groups is 2. The number of para-hydroxylation sites is 1. The Morgan fingerprint density at radius 2 is 1.85 bits per heavy atom. The number of carbonyl (C=O) groups excluding carboxylic acids is 2. The van der Waals surface area contributed by atoms with Crippen LogP contribution in [0.2, 0.25) is 10.0 Å². The monoisotopic (exact) mass is 389 g/mol. The molecule has 1 heterocycles. The van der Waals surface area contributed by atoms with Crippen molar-refractivity contribution >= 4 is 40.8 Å². The number of benzene rings is 2. The number of hydrogen-bond acceptors (Lipinski definition) is 4. The van der Waals surface area contributed by atoms with Crippen molar-refractivity contribution in [2.45, 2.75) is 6.61 Å². The van der Waals surface area contributed by atoms with E-state index in [1.807, 2.05) is 0 Å². The van der Waals surface area contributed by atoms with Crippen LogP contribution in [0.5, 0.6) is 0 Å². The van der Waals surface area contributed by atoms with Gasteiger partial charge in [0.2, 0.25) is 0 Å². The molecule has 0 radical (unpaired) electrons. The third kappa shape index (κ3) is 4.25. The van der Waals surface area contributed by atoms with Crippen LogP contribution < -0.4 is 5.32 Å². The fraction of sp³-hybridized carbons (Fsp3) is 0.0526. The highest BCUT2D eigenvalue weighted by atomic mass is 35.5. The number of furan rings is 1. The fourth-order valence-corrected chi connectivity index (χ4v) is 2.68. The molecule has 1 amide bonds. The number of halogens is 2. The molecule has 2 aromatic carbocycles. The molecule has 0 unspecified atom stereocenters. The molecule has 5 nitrogen and oxygen atoms in total. The summed E-state index contributed by atoms with van der Waals surface area (Å²) >= 11 is 11.9. The normalized spacial score (nSPS) is 10.4. The van der Waals surface area contributed by atoms with Crippen molar-refractivity contribution in [2.24, 2.45) is 0 Å². The van der Waals surface area contributed by atoms with E-state index in [1.54, 1.807) is 48.5 Å². The molecule has 0 atom stereocenters. The molecule has 0 spiro atoms. The van der Waals surface area contributed by atoms with Crippen molar-refractivity contribution in [3.63, 3.8) is 0 Å². The second-order valence-electron chi connectivity index (χ2n) is 5.29. The first kappa shape index (κ1) is 18.0. The number of nitrogens with one attached hydrogen (secondary N) is 1. The van der Waals surface area contributed by atoms with Crippen molar-refractivity contribution in [3.05, 3.63) is 87.8 Å². The maximum atomic E-state index is 12.4. The predicted octanol–water partition coefficient (Wildman–Crippen LogP) is 5.20. The Hall–Kier alpha value is -2.76. The Morgan fingerprint density at radius 1 is 1.04 bits per heavy atom. The summed E-state index contributed by atoms with van der Waals surface area (Å²) in [6.45, 7) is -0.0186. The van der Waals surface area contributed by atoms with E-state index in [4.69, 9.17) is 32.4 Å². The molecule has 132 valence electrons. The van der Waals surface area contributed by atoms with Gasteiger partial charge in [-0.15, -0.1) is 0 Å². The lowest BCUT2D eigenvalue weighted by atomic mass is 10.1. The van der Waals surface area contributed by atoms with Crippen LogP contribution in [0.25, 0.3) is 0 Å². The summed E-state index contributed by atoms with van der Waals surface area (Å²) in [6.07, 6.45) is 1.39.